The number of carbonyl (C=O) groups is 1. The van der Waals surface area contributed by atoms with Crippen molar-refractivity contribution < 1.29 is 4.79 Å². The van der Waals surface area contributed by atoms with Crippen LogP contribution in [-0.4, -0.2) is 28.8 Å². The summed E-state index contributed by atoms with van der Waals surface area (Å²) in [5, 5.41) is 10.5. The molecule has 0 aliphatic rings. The molecule has 0 bridgehead atoms. The normalized spacial score (nSPS) is 10.9. The van der Waals surface area contributed by atoms with E-state index in [0.717, 1.165) is 12.2 Å². The van der Waals surface area contributed by atoms with Gasteiger partial charge in [-0.1, -0.05) is 13.8 Å². The van der Waals surface area contributed by atoms with Gasteiger partial charge >= 0.3 is 0 Å². The third-order valence-electron chi connectivity index (χ3n) is 2.70. The van der Waals surface area contributed by atoms with Crippen LogP contribution in [0.1, 0.15) is 44.4 Å². The zero-order chi connectivity index (χ0) is 13.5. The lowest BCUT2D eigenvalue weighted by molar-refractivity contribution is -0.120. The van der Waals surface area contributed by atoms with Crippen molar-refractivity contribution >= 4 is 5.91 Å². The van der Waals surface area contributed by atoms with Crippen molar-refractivity contribution in [2.24, 2.45) is 7.05 Å². The minimum Gasteiger partial charge on any atom is -0.356 e. The van der Waals surface area contributed by atoms with Crippen molar-refractivity contribution in [2.75, 3.05) is 13.1 Å². The highest BCUT2D eigenvalue weighted by molar-refractivity contribution is 5.75. The standard InChI is InChI=1S/C13H24N4O/c1-5-15-12(18)6-7-14-8-11-9-17(4)16-13(11)10(2)3/h9-10,14H,5-8H2,1-4H3,(H,15,18). The molecule has 1 rings (SSSR count). The van der Waals surface area contributed by atoms with E-state index in [2.05, 4.69) is 29.6 Å². The average molecular weight is 252 g/mol. The second kappa shape index (κ2) is 7.16. The van der Waals surface area contributed by atoms with Crippen LogP contribution in [0.5, 0.6) is 0 Å². The van der Waals surface area contributed by atoms with Crippen molar-refractivity contribution in [3.8, 4) is 0 Å². The molecule has 1 aromatic heterocycles. The predicted molar refractivity (Wildman–Crippen MR) is 72.3 cm³/mol. The van der Waals surface area contributed by atoms with Gasteiger partial charge in [-0.05, 0) is 12.8 Å². The quantitative estimate of drug-likeness (QED) is 0.716. The highest BCUT2D eigenvalue weighted by Crippen LogP contribution is 2.16. The first kappa shape index (κ1) is 14.7. The number of nitrogens with one attached hydrogen (secondary N) is 2. The van der Waals surface area contributed by atoms with Gasteiger partial charge in [-0.3, -0.25) is 9.48 Å². The molecule has 102 valence electrons. The maximum absolute atomic E-state index is 11.3. The molecule has 0 radical (unpaired) electrons. The lowest BCUT2D eigenvalue weighted by atomic mass is 10.1. The van der Waals surface area contributed by atoms with Gasteiger partial charge in [-0.2, -0.15) is 5.10 Å². The zero-order valence-corrected chi connectivity index (χ0v) is 11.8. The lowest BCUT2D eigenvalue weighted by Crippen LogP contribution is -2.27. The molecule has 0 fully saturated rings. The van der Waals surface area contributed by atoms with Gasteiger partial charge in [0.25, 0.3) is 0 Å². The fourth-order valence-electron chi connectivity index (χ4n) is 1.89. The Kier molecular flexibility index (Phi) is 5.85. The third kappa shape index (κ3) is 4.49. The molecule has 5 nitrogen and oxygen atoms in total. The summed E-state index contributed by atoms with van der Waals surface area (Å²) in [6.07, 6.45) is 2.56. The number of aromatic nitrogens is 2. The summed E-state index contributed by atoms with van der Waals surface area (Å²) in [4.78, 5) is 11.3. The summed E-state index contributed by atoms with van der Waals surface area (Å²) in [7, 11) is 1.93. The van der Waals surface area contributed by atoms with Crippen LogP contribution in [0.3, 0.4) is 0 Å². The Morgan fingerprint density at radius 1 is 1.50 bits per heavy atom. The molecule has 1 aromatic rings. The van der Waals surface area contributed by atoms with Crippen LogP contribution < -0.4 is 10.6 Å². The van der Waals surface area contributed by atoms with Crippen molar-refractivity contribution in [3.63, 3.8) is 0 Å². The Labute approximate surface area is 109 Å². The molecule has 0 aliphatic carbocycles. The summed E-state index contributed by atoms with van der Waals surface area (Å²) >= 11 is 0. The van der Waals surface area contributed by atoms with Gasteiger partial charge in [-0.15, -0.1) is 0 Å². The van der Waals surface area contributed by atoms with E-state index in [-0.39, 0.29) is 5.91 Å². The van der Waals surface area contributed by atoms with Crippen molar-refractivity contribution in [1.29, 1.82) is 0 Å². The molecule has 0 aliphatic heterocycles. The lowest BCUT2D eigenvalue weighted by Gasteiger charge is -2.07. The Morgan fingerprint density at radius 2 is 2.22 bits per heavy atom. The first-order valence-electron chi connectivity index (χ1n) is 6.54. The minimum atomic E-state index is 0.0975. The molecule has 0 spiro atoms. The smallest absolute Gasteiger partial charge is 0.221 e. The highest BCUT2D eigenvalue weighted by Gasteiger charge is 2.10. The molecule has 0 saturated heterocycles. The number of rotatable bonds is 7. The molecule has 0 aromatic carbocycles. The molecule has 5 heteroatoms. The topological polar surface area (TPSA) is 59.0 Å². The van der Waals surface area contributed by atoms with Gasteiger partial charge in [-0.25, -0.2) is 0 Å². The van der Waals surface area contributed by atoms with Crippen LogP contribution in [0.25, 0.3) is 0 Å². The van der Waals surface area contributed by atoms with Crippen molar-refractivity contribution in [3.05, 3.63) is 17.5 Å². The van der Waals surface area contributed by atoms with E-state index in [0.29, 0.717) is 25.4 Å². The molecular formula is C13H24N4O. The summed E-state index contributed by atoms with van der Waals surface area (Å²) in [5.41, 5.74) is 2.34. The fraction of sp³-hybridized carbons (Fsp3) is 0.692. The maximum Gasteiger partial charge on any atom is 0.221 e. The van der Waals surface area contributed by atoms with Gasteiger partial charge in [0, 0.05) is 44.9 Å². The van der Waals surface area contributed by atoms with Gasteiger partial charge in [0.05, 0.1) is 5.69 Å². The van der Waals surface area contributed by atoms with Crippen molar-refractivity contribution in [1.82, 2.24) is 20.4 Å². The second-order valence-electron chi connectivity index (χ2n) is 4.75. The van der Waals surface area contributed by atoms with Crippen LogP contribution >= 0.6 is 0 Å². The summed E-state index contributed by atoms with van der Waals surface area (Å²) in [6.45, 7) is 8.36. The number of hydrogen-bond acceptors (Lipinski definition) is 3. The molecule has 0 atom stereocenters. The van der Waals surface area contributed by atoms with Crippen LogP contribution in [0, 0.1) is 0 Å². The largest absolute Gasteiger partial charge is 0.356 e. The fourth-order valence-corrected chi connectivity index (χ4v) is 1.89. The maximum atomic E-state index is 11.3. The first-order valence-corrected chi connectivity index (χ1v) is 6.54. The zero-order valence-electron chi connectivity index (χ0n) is 11.8. The molecule has 1 heterocycles. The number of aryl methyl sites for hydroxylation is 1. The molecule has 2 N–H and O–H groups in total. The van der Waals surface area contributed by atoms with E-state index >= 15 is 0 Å². The van der Waals surface area contributed by atoms with E-state index in [4.69, 9.17) is 0 Å². The monoisotopic (exact) mass is 252 g/mol. The van der Waals surface area contributed by atoms with Crippen LogP contribution in [0.15, 0.2) is 6.20 Å². The van der Waals surface area contributed by atoms with E-state index in [9.17, 15) is 4.79 Å². The van der Waals surface area contributed by atoms with Crippen LogP contribution in [0.2, 0.25) is 0 Å². The van der Waals surface area contributed by atoms with Gasteiger partial charge in [0.15, 0.2) is 0 Å². The first-order chi connectivity index (χ1) is 8.54. The Balaban J connectivity index is 2.37. The van der Waals surface area contributed by atoms with E-state index < -0.39 is 0 Å². The van der Waals surface area contributed by atoms with Gasteiger partial charge in [0.2, 0.25) is 5.91 Å². The molecular weight excluding hydrogens is 228 g/mol. The van der Waals surface area contributed by atoms with Gasteiger partial charge < -0.3 is 10.6 Å². The Bertz CT molecular complexity index is 384. The number of hydrogen-bond donors (Lipinski definition) is 2. The highest BCUT2D eigenvalue weighted by atomic mass is 16.1. The number of amides is 1. The van der Waals surface area contributed by atoms with E-state index in [1.165, 1.54) is 5.56 Å². The molecule has 0 saturated carbocycles. The molecule has 0 unspecified atom stereocenters. The summed E-state index contributed by atoms with van der Waals surface area (Å²) in [6, 6.07) is 0. The van der Waals surface area contributed by atoms with Crippen LogP contribution in [0.4, 0.5) is 0 Å². The van der Waals surface area contributed by atoms with E-state index in [1.807, 2.05) is 24.9 Å². The minimum absolute atomic E-state index is 0.0975. The predicted octanol–water partition coefficient (Wildman–Crippen LogP) is 1.16. The van der Waals surface area contributed by atoms with Crippen LogP contribution in [-0.2, 0) is 18.4 Å². The van der Waals surface area contributed by atoms with Gasteiger partial charge in [0.1, 0.15) is 0 Å². The number of nitrogens with zero attached hydrogens (tertiary/aromatic N) is 2. The Morgan fingerprint density at radius 3 is 2.83 bits per heavy atom. The molecule has 18 heavy (non-hydrogen) atoms. The Hall–Kier alpha value is -1.36. The summed E-state index contributed by atoms with van der Waals surface area (Å²) in [5.74, 6) is 0.520. The molecule has 1 amide bonds. The third-order valence-corrected chi connectivity index (χ3v) is 2.70. The summed E-state index contributed by atoms with van der Waals surface area (Å²) < 4.78 is 1.84. The second-order valence-corrected chi connectivity index (χ2v) is 4.75. The SMILES string of the molecule is CCNC(=O)CCNCc1cn(C)nc1C(C)C. The number of carbonyl (C=O) groups excluding carboxylic acids is 1. The van der Waals surface area contributed by atoms with E-state index in [1.54, 1.807) is 0 Å². The van der Waals surface area contributed by atoms with Crippen molar-refractivity contribution in [2.45, 2.75) is 39.7 Å². The average Bonchev–Trinajstić information content (AvgIpc) is 2.66.